The molecule has 1 aromatic rings. The van der Waals surface area contributed by atoms with Crippen LogP contribution in [0.4, 0.5) is 13.2 Å². The third kappa shape index (κ3) is 5.89. The first-order valence-electron chi connectivity index (χ1n) is 5.95. The second-order valence-corrected chi connectivity index (χ2v) is 6.30. The Kier molecular flexibility index (Phi) is 5.55. The predicted octanol–water partition coefficient (Wildman–Crippen LogP) is 1.91. The van der Waals surface area contributed by atoms with E-state index in [2.05, 4.69) is 10.0 Å². The molecule has 0 aromatic heterocycles. The van der Waals surface area contributed by atoms with Gasteiger partial charge >= 0.3 is 6.18 Å². The zero-order chi connectivity index (χ0) is 15.4. The van der Waals surface area contributed by atoms with Crippen molar-refractivity contribution >= 4 is 10.0 Å². The fourth-order valence-electron chi connectivity index (χ4n) is 1.63. The smallest absolute Gasteiger partial charge is 0.309 e. The van der Waals surface area contributed by atoms with Crippen LogP contribution in [0.5, 0.6) is 0 Å². The molecule has 0 bridgehead atoms. The van der Waals surface area contributed by atoms with Gasteiger partial charge in [-0.05, 0) is 24.6 Å². The number of hydrogen-bond acceptors (Lipinski definition) is 3. The summed E-state index contributed by atoms with van der Waals surface area (Å²) < 4.78 is 61.7. The molecule has 0 saturated heterocycles. The first-order chi connectivity index (χ1) is 9.09. The quantitative estimate of drug-likeness (QED) is 0.789. The number of hydrogen-bond donors (Lipinski definition) is 2. The zero-order valence-corrected chi connectivity index (χ0v) is 12.0. The van der Waals surface area contributed by atoms with Crippen LogP contribution >= 0.6 is 0 Å². The molecule has 4 nitrogen and oxygen atoms in total. The molecule has 0 saturated carbocycles. The highest BCUT2D eigenvalue weighted by Crippen LogP contribution is 2.30. The molecular formula is C12H17F3N2O2S. The molecule has 1 unspecified atom stereocenters. The number of alkyl halides is 3. The standard InChI is InChI=1S/C12H17F3N2O2S/c1-9(16-6-7-17-20(2,18)19)10-4-3-5-11(8-10)12(13,14)15/h3-5,8-9,16-17H,6-7H2,1-2H3. The molecule has 0 aliphatic carbocycles. The van der Waals surface area contributed by atoms with Crippen molar-refractivity contribution in [1.82, 2.24) is 10.0 Å². The maximum atomic E-state index is 12.6. The summed E-state index contributed by atoms with van der Waals surface area (Å²) in [7, 11) is -3.25. The van der Waals surface area contributed by atoms with Crippen LogP contribution in [-0.2, 0) is 16.2 Å². The van der Waals surface area contributed by atoms with Crippen molar-refractivity contribution in [3.63, 3.8) is 0 Å². The van der Waals surface area contributed by atoms with Gasteiger partial charge in [0.15, 0.2) is 0 Å². The molecule has 1 atom stereocenters. The minimum atomic E-state index is -4.37. The molecule has 8 heteroatoms. The summed E-state index contributed by atoms with van der Waals surface area (Å²) in [4.78, 5) is 0. The normalized spacial score (nSPS) is 14.2. The van der Waals surface area contributed by atoms with E-state index in [-0.39, 0.29) is 12.6 Å². The highest BCUT2D eigenvalue weighted by Gasteiger charge is 2.30. The Morgan fingerprint density at radius 3 is 2.45 bits per heavy atom. The van der Waals surface area contributed by atoms with Crippen LogP contribution in [0.2, 0.25) is 0 Å². The van der Waals surface area contributed by atoms with E-state index in [9.17, 15) is 21.6 Å². The highest BCUT2D eigenvalue weighted by molar-refractivity contribution is 7.88. The van der Waals surface area contributed by atoms with Crippen molar-refractivity contribution in [3.05, 3.63) is 35.4 Å². The average molecular weight is 310 g/mol. The van der Waals surface area contributed by atoms with Crippen molar-refractivity contribution in [2.24, 2.45) is 0 Å². The number of nitrogens with one attached hydrogen (secondary N) is 2. The van der Waals surface area contributed by atoms with E-state index in [1.165, 1.54) is 6.07 Å². The van der Waals surface area contributed by atoms with Gasteiger partial charge in [0.1, 0.15) is 0 Å². The van der Waals surface area contributed by atoms with Crippen LogP contribution in [0.15, 0.2) is 24.3 Å². The monoisotopic (exact) mass is 310 g/mol. The fraction of sp³-hybridized carbons (Fsp3) is 0.500. The number of halogens is 3. The molecule has 0 spiro atoms. The van der Waals surface area contributed by atoms with Crippen LogP contribution in [0, 0.1) is 0 Å². The van der Waals surface area contributed by atoms with Gasteiger partial charge in [-0.25, -0.2) is 13.1 Å². The summed E-state index contributed by atoms with van der Waals surface area (Å²) >= 11 is 0. The van der Waals surface area contributed by atoms with Crippen LogP contribution < -0.4 is 10.0 Å². The lowest BCUT2D eigenvalue weighted by Crippen LogP contribution is -2.32. The summed E-state index contributed by atoms with van der Waals surface area (Å²) in [5, 5.41) is 2.96. The molecule has 0 fully saturated rings. The topological polar surface area (TPSA) is 58.2 Å². The minimum Gasteiger partial charge on any atom is -0.309 e. The van der Waals surface area contributed by atoms with Gasteiger partial charge in [-0.15, -0.1) is 0 Å². The molecule has 0 amide bonds. The molecular weight excluding hydrogens is 293 g/mol. The maximum absolute atomic E-state index is 12.6. The van der Waals surface area contributed by atoms with E-state index in [4.69, 9.17) is 0 Å². The summed E-state index contributed by atoms with van der Waals surface area (Å²) in [6, 6.07) is 4.74. The lowest BCUT2D eigenvalue weighted by atomic mass is 10.0. The average Bonchev–Trinajstić information content (AvgIpc) is 2.32. The summed E-state index contributed by atoms with van der Waals surface area (Å²) in [6.07, 6.45) is -3.32. The highest BCUT2D eigenvalue weighted by atomic mass is 32.2. The maximum Gasteiger partial charge on any atom is 0.416 e. The third-order valence-corrected chi connectivity index (χ3v) is 3.38. The van der Waals surface area contributed by atoms with Gasteiger partial charge in [-0.3, -0.25) is 0 Å². The Hall–Kier alpha value is -1.12. The Bertz CT molecular complexity index is 544. The fourth-order valence-corrected chi connectivity index (χ4v) is 2.10. The van der Waals surface area contributed by atoms with Gasteiger partial charge in [-0.2, -0.15) is 13.2 Å². The van der Waals surface area contributed by atoms with Gasteiger partial charge < -0.3 is 5.32 Å². The number of rotatable bonds is 6. The molecule has 0 radical (unpaired) electrons. The van der Waals surface area contributed by atoms with E-state index in [0.29, 0.717) is 12.1 Å². The summed E-state index contributed by atoms with van der Waals surface area (Å²) in [5.41, 5.74) is -0.197. The van der Waals surface area contributed by atoms with E-state index in [1.807, 2.05) is 0 Å². The van der Waals surface area contributed by atoms with Crippen LogP contribution in [0.3, 0.4) is 0 Å². The molecule has 0 aliphatic heterocycles. The predicted molar refractivity (Wildman–Crippen MR) is 70.7 cm³/mol. The second kappa shape index (κ2) is 6.55. The lowest BCUT2D eigenvalue weighted by Gasteiger charge is -2.16. The van der Waals surface area contributed by atoms with Crippen molar-refractivity contribution in [1.29, 1.82) is 0 Å². The summed E-state index contributed by atoms with van der Waals surface area (Å²) in [6.45, 7) is 2.22. The molecule has 20 heavy (non-hydrogen) atoms. The second-order valence-electron chi connectivity index (χ2n) is 4.47. The van der Waals surface area contributed by atoms with Gasteiger partial charge in [-0.1, -0.05) is 12.1 Å². The largest absolute Gasteiger partial charge is 0.416 e. The number of benzene rings is 1. The van der Waals surface area contributed by atoms with Gasteiger partial charge in [0.25, 0.3) is 0 Å². The Morgan fingerprint density at radius 2 is 1.90 bits per heavy atom. The Labute approximate surface area is 116 Å². The first kappa shape index (κ1) is 16.9. The molecule has 114 valence electrons. The van der Waals surface area contributed by atoms with E-state index >= 15 is 0 Å². The van der Waals surface area contributed by atoms with Gasteiger partial charge in [0, 0.05) is 19.1 Å². The van der Waals surface area contributed by atoms with Crippen LogP contribution in [0.1, 0.15) is 24.1 Å². The van der Waals surface area contributed by atoms with Crippen molar-refractivity contribution in [2.75, 3.05) is 19.3 Å². The first-order valence-corrected chi connectivity index (χ1v) is 7.84. The number of sulfonamides is 1. The molecule has 1 aromatic carbocycles. The van der Waals surface area contributed by atoms with Gasteiger partial charge in [0.2, 0.25) is 10.0 Å². The van der Waals surface area contributed by atoms with Gasteiger partial charge in [0.05, 0.1) is 11.8 Å². The van der Waals surface area contributed by atoms with Crippen LogP contribution in [0.25, 0.3) is 0 Å². The van der Waals surface area contributed by atoms with Crippen LogP contribution in [-0.4, -0.2) is 27.8 Å². The lowest BCUT2D eigenvalue weighted by molar-refractivity contribution is -0.137. The van der Waals surface area contributed by atoms with Crippen molar-refractivity contribution in [2.45, 2.75) is 19.1 Å². The minimum absolute atomic E-state index is 0.183. The molecule has 1 rings (SSSR count). The SMILES string of the molecule is CC(NCCNS(C)(=O)=O)c1cccc(C(F)(F)F)c1. The molecule has 0 heterocycles. The Balaban J connectivity index is 2.58. The summed E-state index contributed by atoms with van der Waals surface area (Å²) in [5.74, 6) is 0. The van der Waals surface area contributed by atoms with Crippen molar-refractivity contribution < 1.29 is 21.6 Å². The molecule has 2 N–H and O–H groups in total. The Morgan fingerprint density at radius 1 is 1.25 bits per heavy atom. The van der Waals surface area contributed by atoms with E-state index in [0.717, 1.165) is 18.4 Å². The zero-order valence-electron chi connectivity index (χ0n) is 11.2. The third-order valence-electron chi connectivity index (χ3n) is 2.65. The van der Waals surface area contributed by atoms with E-state index in [1.54, 1.807) is 13.0 Å². The molecule has 0 aliphatic rings. The van der Waals surface area contributed by atoms with E-state index < -0.39 is 21.8 Å². The van der Waals surface area contributed by atoms with Crippen molar-refractivity contribution in [3.8, 4) is 0 Å².